The van der Waals surface area contributed by atoms with Crippen molar-refractivity contribution in [2.24, 2.45) is 7.05 Å². The normalized spacial score (nSPS) is 35.3. The summed E-state index contributed by atoms with van der Waals surface area (Å²) in [7, 11) is 1.86. The summed E-state index contributed by atoms with van der Waals surface area (Å²) >= 11 is 0. The van der Waals surface area contributed by atoms with Crippen LogP contribution in [0.25, 0.3) is 21.8 Å². The number of ether oxygens (including phenoxy) is 2. The van der Waals surface area contributed by atoms with Gasteiger partial charge in [0, 0.05) is 34.3 Å². The van der Waals surface area contributed by atoms with E-state index in [1.54, 1.807) is 12.1 Å². The Kier molecular flexibility index (Phi) is 7.90. The molecule has 0 spiro atoms. The molecule has 1 aromatic heterocycles. The number of aryl methyl sites for hydroxylation is 1. The van der Waals surface area contributed by atoms with Crippen LogP contribution in [0.1, 0.15) is 0 Å². The fraction of sp³-hybridized carbons (Fsp3) is 0.500. The number of rotatable bonds is 6. The summed E-state index contributed by atoms with van der Waals surface area (Å²) in [6, 6.07) is 13.0. The molecule has 3 aromatic rings. The van der Waals surface area contributed by atoms with E-state index < -0.39 is 74.5 Å². The first-order valence-electron chi connectivity index (χ1n) is 12.6. The van der Waals surface area contributed by atoms with E-state index in [9.17, 15) is 40.9 Å². The van der Waals surface area contributed by atoms with Gasteiger partial charge in [-0.15, -0.1) is 0 Å². The van der Waals surface area contributed by atoms with Gasteiger partial charge < -0.3 is 61.0 Å². The van der Waals surface area contributed by atoms with Gasteiger partial charge in [0.15, 0.2) is 12.5 Å². The van der Waals surface area contributed by atoms with Crippen molar-refractivity contribution in [2.45, 2.75) is 61.3 Å². The molecule has 0 unspecified atom stereocenters. The molecule has 3 heterocycles. The van der Waals surface area contributed by atoms with Gasteiger partial charge in [-0.2, -0.15) is 4.57 Å². The fourth-order valence-corrected chi connectivity index (χ4v) is 5.16. The van der Waals surface area contributed by atoms with Crippen molar-refractivity contribution in [3.8, 4) is 0 Å². The van der Waals surface area contributed by atoms with Crippen LogP contribution < -0.4 is 15.2 Å². The van der Waals surface area contributed by atoms with Crippen LogP contribution in [0.3, 0.4) is 0 Å². The molecule has 5 rings (SSSR count). The molecule has 0 bridgehead atoms. The summed E-state index contributed by atoms with van der Waals surface area (Å²) in [5, 5.41) is 87.7. The highest BCUT2D eigenvalue weighted by Crippen LogP contribution is 2.28. The Balaban J connectivity index is 1.42. The second-order valence-corrected chi connectivity index (χ2v) is 10.0. The van der Waals surface area contributed by atoms with Gasteiger partial charge in [0.1, 0.15) is 55.9 Å². The molecule has 39 heavy (non-hydrogen) atoms. The molecular formula is C26H34N3O10+. The topological polar surface area (TPSA) is 208 Å². The molecule has 0 amide bonds. The number of nitrogens with one attached hydrogen (secondary N) is 2. The summed E-state index contributed by atoms with van der Waals surface area (Å²) in [4.78, 5) is 0. The molecule has 212 valence electrons. The number of aliphatic hydroxyl groups is 8. The van der Waals surface area contributed by atoms with Gasteiger partial charge >= 0.3 is 0 Å². The monoisotopic (exact) mass is 548 g/mol. The third-order valence-electron chi connectivity index (χ3n) is 7.50. The van der Waals surface area contributed by atoms with Crippen molar-refractivity contribution in [1.29, 1.82) is 0 Å². The minimum atomic E-state index is -1.50. The third-order valence-corrected chi connectivity index (χ3v) is 7.50. The number of hydrogen-bond acceptors (Lipinski definition) is 12. The first-order chi connectivity index (χ1) is 18.6. The van der Waals surface area contributed by atoms with Crippen LogP contribution in [-0.2, 0) is 16.5 Å². The molecule has 2 saturated heterocycles. The van der Waals surface area contributed by atoms with Crippen LogP contribution in [-0.4, -0.2) is 115 Å². The first kappa shape index (κ1) is 27.9. The summed E-state index contributed by atoms with van der Waals surface area (Å²) in [5.41, 5.74) is 2.75. The van der Waals surface area contributed by atoms with Crippen molar-refractivity contribution in [3.05, 3.63) is 42.5 Å². The number of pyridine rings is 1. The number of anilines is 2. The minimum Gasteiger partial charge on any atom is -0.394 e. The van der Waals surface area contributed by atoms with Gasteiger partial charge in [-0.3, -0.25) is 0 Å². The Hall–Kier alpha value is -2.69. The molecule has 2 aliphatic rings. The highest BCUT2D eigenvalue weighted by molar-refractivity contribution is 5.91. The van der Waals surface area contributed by atoms with E-state index in [0.717, 1.165) is 21.8 Å². The summed E-state index contributed by atoms with van der Waals surface area (Å²) in [6.07, 6.45) is -13.0. The highest BCUT2D eigenvalue weighted by Gasteiger charge is 2.44. The van der Waals surface area contributed by atoms with Crippen LogP contribution in [0.5, 0.6) is 0 Å². The van der Waals surface area contributed by atoms with Gasteiger partial charge in [0.05, 0.1) is 13.2 Å². The predicted molar refractivity (Wildman–Crippen MR) is 137 cm³/mol. The molecular weight excluding hydrogens is 514 g/mol. The van der Waals surface area contributed by atoms with Crippen molar-refractivity contribution < 1.29 is 54.9 Å². The number of fused-ring (bicyclic) bond motifs is 2. The quantitative estimate of drug-likeness (QED) is 0.112. The molecule has 0 saturated carbocycles. The molecule has 10 N–H and O–H groups in total. The smallest absolute Gasteiger partial charge is 0.214 e. The highest BCUT2D eigenvalue weighted by atomic mass is 16.6. The maximum Gasteiger partial charge on any atom is 0.214 e. The van der Waals surface area contributed by atoms with E-state index in [1.165, 1.54) is 0 Å². The Morgan fingerprint density at radius 2 is 1.03 bits per heavy atom. The zero-order valence-corrected chi connectivity index (χ0v) is 21.1. The van der Waals surface area contributed by atoms with Crippen molar-refractivity contribution in [1.82, 2.24) is 0 Å². The molecule has 13 heteroatoms. The average Bonchev–Trinajstić information content (AvgIpc) is 2.94. The van der Waals surface area contributed by atoms with Crippen molar-refractivity contribution in [3.63, 3.8) is 0 Å². The average molecular weight is 549 g/mol. The Morgan fingerprint density at radius 3 is 1.41 bits per heavy atom. The molecule has 2 aliphatic heterocycles. The van der Waals surface area contributed by atoms with Crippen LogP contribution >= 0.6 is 0 Å². The molecule has 0 radical (unpaired) electrons. The van der Waals surface area contributed by atoms with E-state index in [-0.39, 0.29) is 0 Å². The van der Waals surface area contributed by atoms with Gasteiger partial charge in [-0.1, -0.05) is 0 Å². The van der Waals surface area contributed by atoms with Crippen LogP contribution in [0.2, 0.25) is 0 Å². The largest absolute Gasteiger partial charge is 0.394 e. The lowest BCUT2D eigenvalue weighted by Crippen LogP contribution is -2.60. The number of nitrogens with zero attached hydrogens (tertiary/aromatic N) is 1. The SMILES string of the molecule is C[n+]1c2cc(N[C@H]3O[C@H](CO)[C@@H](O)[C@H](O)[C@H]3O)ccc2cc2ccc(N[C@H]3O[C@H](CO)[C@@H](O)[C@H](O)[C@H]3O)cc21. The first-order valence-corrected chi connectivity index (χ1v) is 12.6. The number of benzene rings is 2. The molecule has 2 aromatic carbocycles. The lowest BCUT2D eigenvalue weighted by Gasteiger charge is -2.40. The van der Waals surface area contributed by atoms with Gasteiger partial charge in [-0.25, -0.2) is 0 Å². The Bertz CT molecular complexity index is 1230. The zero-order valence-electron chi connectivity index (χ0n) is 21.1. The van der Waals surface area contributed by atoms with E-state index in [0.29, 0.717) is 11.4 Å². The maximum absolute atomic E-state index is 10.4. The van der Waals surface area contributed by atoms with Gasteiger partial charge in [-0.05, 0) is 30.3 Å². The molecule has 0 aliphatic carbocycles. The summed E-state index contributed by atoms with van der Waals surface area (Å²) in [5.74, 6) is 0. The number of aliphatic hydroxyl groups excluding tert-OH is 8. The lowest BCUT2D eigenvalue weighted by molar-refractivity contribution is -0.617. The molecule has 13 nitrogen and oxygen atoms in total. The third kappa shape index (κ3) is 5.14. The fourth-order valence-electron chi connectivity index (χ4n) is 5.16. The second kappa shape index (κ2) is 11.1. The number of hydrogen-bond donors (Lipinski definition) is 10. The van der Waals surface area contributed by atoms with Crippen LogP contribution in [0.15, 0.2) is 42.5 Å². The van der Waals surface area contributed by atoms with Gasteiger partial charge in [0.2, 0.25) is 11.0 Å². The second-order valence-electron chi connectivity index (χ2n) is 10.0. The summed E-state index contributed by atoms with van der Waals surface area (Å²) in [6.45, 7) is -1.05. The molecule has 2 fully saturated rings. The predicted octanol–water partition coefficient (Wildman–Crippen LogP) is -2.76. The summed E-state index contributed by atoms with van der Waals surface area (Å²) < 4.78 is 13.0. The Labute approximate surface area is 223 Å². The number of aromatic nitrogens is 1. The molecule has 10 atom stereocenters. The zero-order chi connectivity index (χ0) is 28.0. The minimum absolute atomic E-state index is 0.526. The van der Waals surface area contributed by atoms with Crippen LogP contribution in [0, 0.1) is 0 Å². The van der Waals surface area contributed by atoms with E-state index in [4.69, 9.17) is 9.47 Å². The van der Waals surface area contributed by atoms with E-state index in [2.05, 4.69) is 10.6 Å². The maximum atomic E-state index is 10.4. The lowest BCUT2D eigenvalue weighted by atomic mass is 9.98. The van der Waals surface area contributed by atoms with Crippen molar-refractivity contribution >= 4 is 33.2 Å². The van der Waals surface area contributed by atoms with Gasteiger partial charge in [0.25, 0.3) is 0 Å². The standard InChI is InChI=1S/C26H33N3O10/c1-29-15-7-13(27-25-23(36)21(34)19(32)17(9-30)38-25)4-2-11(15)6-12-3-5-14(8-16(12)29)28-26-24(37)22(35)20(33)18(10-31)39-26/h2-8,17-26,30-37H,9-10H2,1H3,(H,27,28)/p+1/t17-,18-,19-,20-,21+,22+,23-,24-,25+,26+/m1/s1. The van der Waals surface area contributed by atoms with E-state index >= 15 is 0 Å². The Morgan fingerprint density at radius 1 is 0.615 bits per heavy atom. The van der Waals surface area contributed by atoms with Crippen molar-refractivity contribution in [2.75, 3.05) is 23.8 Å². The van der Waals surface area contributed by atoms with E-state index in [1.807, 2.05) is 41.9 Å². The van der Waals surface area contributed by atoms with Crippen LogP contribution in [0.4, 0.5) is 11.4 Å².